The summed E-state index contributed by atoms with van der Waals surface area (Å²) in [4.78, 5) is 22.1. The first-order chi connectivity index (χ1) is 16.3. The van der Waals surface area contributed by atoms with Crippen LogP contribution in [-0.2, 0) is 6.18 Å². The van der Waals surface area contributed by atoms with Gasteiger partial charge in [-0.05, 0) is 43.9 Å². The Morgan fingerprint density at radius 2 is 1.82 bits per heavy atom. The largest absolute Gasteiger partial charge is 0.433 e. The number of hydrogen-bond donors (Lipinski definition) is 2. The summed E-state index contributed by atoms with van der Waals surface area (Å²) in [5.74, 6) is 0.368. The molecule has 0 radical (unpaired) electrons. The van der Waals surface area contributed by atoms with Crippen LogP contribution in [0.5, 0.6) is 0 Å². The fourth-order valence-electron chi connectivity index (χ4n) is 3.83. The summed E-state index contributed by atoms with van der Waals surface area (Å²) in [7, 11) is 0. The molecule has 0 spiro atoms. The van der Waals surface area contributed by atoms with Gasteiger partial charge in [0.25, 0.3) is 0 Å². The Morgan fingerprint density at radius 1 is 1.06 bits per heavy atom. The Bertz CT molecular complexity index is 1110. The zero-order valence-corrected chi connectivity index (χ0v) is 18.2. The van der Waals surface area contributed by atoms with Crippen LogP contribution in [0, 0.1) is 5.41 Å². The highest BCUT2D eigenvalue weighted by Crippen LogP contribution is 2.32. The van der Waals surface area contributed by atoms with Crippen LogP contribution >= 0.6 is 0 Å². The fourth-order valence-corrected chi connectivity index (χ4v) is 3.83. The molecule has 1 saturated carbocycles. The SMILES string of the molecule is FC(F)(F)c1ccnn1-c1ccccc1.N=C1CCC(c2cnccn2)N1C(=O)NC1CCC1. The molecule has 1 aliphatic heterocycles. The molecule has 1 aromatic carbocycles. The monoisotopic (exact) mass is 471 g/mol. The second-order valence-electron chi connectivity index (χ2n) is 8.04. The molecule has 2 N–H and O–H groups in total. The summed E-state index contributed by atoms with van der Waals surface area (Å²) in [5, 5.41) is 14.6. The zero-order valence-electron chi connectivity index (χ0n) is 18.2. The quantitative estimate of drug-likeness (QED) is 0.576. The van der Waals surface area contributed by atoms with Gasteiger partial charge in [0.2, 0.25) is 0 Å². The molecule has 8 nitrogen and oxygen atoms in total. The van der Waals surface area contributed by atoms with Gasteiger partial charge in [0.05, 0.1) is 29.8 Å². The highest BCUT2D eigenvalue weighted by molar-refractivity contribution is 5.98. The number of urea groups is 1. The Hall–Kier alpha value is -3.76. The minimum absolute atomic E-state index is 0.152. The molecular formula is C23H24F3N7O. The molecule has 1 aliphatic carbocycles. The number of carbonyl (C=O) groups excluding carboxylic acids is 1. The number of amides is 2. The van der Waals surface area contributed by atoms with Crippen LogP contribution in [0.25, 0.3) is 5.69 Å². The van der Waals surface area contributed by atoms with Gasteiger partial charge in [-0.25, -0.2) is 9.48 Å². The van der Waals surface area contributed by atoms with Gasteiger partial charge in [-0.1, -0.05) is 18.2 Å². The van der Waals surface area contributed by atoms with Crippen LogP contribution < -0.4 is 5.32 Å². The average molecular weight is 471 g/mol. The Morgan fingerprint density at radius 3 is 2.44 bits per heavy atom. The van der Waals surface area contributed by atoms with Crippen LogP contribution in [-0.4, -0.2) is 42.6 Å². The average Bonchev–Trinajstić information content (AvgIpc) is 3.45. The molecule has 5 rings (SSSR count). The van der Waals surface area contributed by atoms with E-state index in [-0.39, 0.29) is 18.1 Å². The van der Waals surface area contributed by atoms with Crippen molar-refractivity contribution in [3.8, 4) is 5.69 Å². The normalized spacial score (nSPS) is 18.1. The summed E-state index contributed by atoms with van der Waals surface area (Å²) >= 11 is 0. The predicted octanol–water partition coefficient (Wildman–Crippen LogP) is 4.74. The van der Waals surface area contributed by atoms with Crippen molar-refractivity contribution in [3.05, 3.63) is 72.6 Å². The highest BCUT2D eigenvalue weighted by atomic mass is 19.4. The van der Waals surface area contributed by atoms with E-state index in [1.165, 1.54) is 11.3 Å². The number of nitrogens with one attached hydrogen (secondary N) is 2. The van der Waals surface area contributed by atoms with E-state index in [9.17, 15) is 18.0 Å². The third-order valence-corrected chi connectivity index (χ3v) is 5.77. The molecular weight excluding hydrogens is 447 g/mol. The van der Waals surface area contributed by atoms with E-state index in [4.69, 9.17) is 5.41 Å². The number of nitrogens with zero attached hydrogens (tertiary/aromatic N) is 5. The van der Waals surface area contributed by atoms with Crippen molar-refractivity contribution in [1.82, 2.24) is 30.0 Å². The summed E-state index contributed by atoms with van der Waals surface area (Å²) in [6.45, 7) is 0. The van der Waals surface area contributed by atoms with E-state index >= 15 is 0 Å². The first kappa shape index (κ1) is 23.4. The van der Waals surface area contributed by atoms with E-state index in [0.29, 0.717) is 17.9 Å². The summed E-state index contributed by atoms with van der Waals surface area (Å²) in [6.07, 6.45) is 6.28. The van der Waals surface area contributed by atoms with Gasteiger partial charge in [-0.15, -0.1) is 0 Å². The molecule has 1 atom stereocenters. The Balaban J connectivity index is 0.000000166. The van der Waals surface area contributed by atoms with Crippen molar-refractivity contribution < 1.29 is 18.0 Å². The number of para-hydroxylation sites is 1. The molecule has 34 heavy (non-hydrogen) atoms. The van der Waals surface area contributed by atoms with Gasteiger partial charge in [0.15, 0.2) is 0 Å². The lowest BCUT2D eigenvalue weighted by atomic mass is 9.93. The number of aromatic nitrogens is 4. The number of halogens is 3. The van der Waals surface area contributed by atoms with Gasteiger partial charge in [-0.3, -0.25) is 20.3 Å². The lowest BCUT2D eigenvalue weighted by Crippen LogP contribution is -2.48. The molecule has 2 aliphatic rings. The van der Waals surface area contributed by atoms with Crippen molar-refractivity contribution in [3.63, 3.8) is 0 Å². The standard InChI is InChI=1S/C13H17N5O.C10H7F3N2/c14-12-5-4-11(10-8-15-6-7-16-10)18(12)13(19)17-9-2-1-3-9;11-10(12,13)9-6-7-14-15(9)8-4-2-1-3-5-8/h6-9,11,14H,1-5H2,(H,17,19);1-7H. The number of carbonyl (C=O) groups is 1. The topological polar surface area (TPSA) is 99.8 Å². The molecule has 2 aromatic heterocycles. The first-order valence-corrected chi connectivity index (χ1v) is 10.9. The smallest absolute Gasteiger partial charge is 0.335 e. The third kappa shape index (κ3) is 5.24. The van der Waals surface area contributed by atoms with Crippen LogP contribution in [0.4, 0.5) is 18.0 Å². The van der Waals surface area contributed by atoms with Crippen LogP contribution in [0.1, 0.15) is 49.5 Å². The number of rotatable bonds is 3. The maximum atomic E-state index is 12.5. The molecule has 2 amide bonds. The number of alkyl halides is 3. The minimum atomic E-state index is -4.38. The molecule has 2 fully saturated rings. The van der Waals surface area contributed by atoms with Crippen molar-refractivity contribution in [1.29, 1.82) is 5.41 Å². The van der Waals surface area contributed by atoms with Crippen LogP contribution in [0.3, 0.4) is 0 Å². The van der Waals surface area contributed by atoms with Crippen molar-refractivity contribution in [2.24, 2.45) is 0 Å². The van der Waals surface area contributed by atoms with Gasteiger partial charge in [0, 0.05) is 24.9 Å². The first-order valence-electron chi connectivity index (χ1n) is 10.9. The number of likely N-dealkylation sites (tertiary alicyclic amines) is 1. The maximum Gasteiger partial charge on any atom is 0.433 e. The van der Waals surface area contributed by atoms with Gasteiger partial charge in [-0.2, -0.15) is 18.3 Å². The van der Waals surface area contributed by atoms with Gasteiger partial charge < -0.3 is 5.32 Å². The van der Waals surface area contributed by atoms with E-state index in [1.54, 1.807) is 48.9 Å². The molecule has 11 heteroatoms. The lowest BCUT2D eigenvalue weighted by Gasteiger charge is -2.31. The Kier molecular flexibility index (Phi) is 6.90. The summed E-state index contributed by atoms with van der Waals surface area (Å²) < 4.78 is 38.4. The van der Waals surface area contributed by atoms with Crippen LogP contribution in [0.15, 0.2) is 61.2 Å². The second-order valence-corrected chi connectivity index (χ2v) is 8.04. The molecule has 178 valence electrons. The van der Waals surface area contributed by atoms with E-state index in [0.717, 1.165) is 41.9 Å². The third-order valence-electron chi connectivity index (χ3n) is 5.77. The van der Waals surface area contributed by atoms with Gasteiger partial charge in [0.1, 0.15) is 11.5 Å². The van der Waals surface area contributed by atoms with Crippen LogP contribution in [0.2, 0.25) is 0 Å². The van der Waals surface area contributed by atoms with E-state index in [2.05, 4.69) is 20.4 Å². The van der Waals surface area contributed by atoms with E-state index < -0.39 is 11.9 Å². The maximum absolute atomic E-state index is 12.5. The summed E-state index contributed by atoms with van der Waals surface area (Å²) in [6, 6.07) is 9.12. The zero-order chi connectivity index (χ0) is 24.1. The molecule has 3 aromatic rings. The molecule has 0 bridgehead atoms. The molecule has 1 unspecified atom stereocenters. The summed E-state index contributed by atoms with van der Waals surface area (Å²) in [5.41, 5.74) is 0.386. The highest BCUT2D eigenvalue weighted by Gasteiger charge is 2.37. The number of benzene rings is 1. The molecule has 3 heterocycles. The number of amidine groups is 1. The van der Waals surface area contributed by atoms with Crippen molar-refractivity contribution >= 4 is 11.9 Å². The predicted molar refractivity (Wildman–Crippen MR) is 118 cm³/mol. The Labute approximate surface area is 194 Å². The van der Waals surface area contributed by atoms with E-state index in [1.807, 2.05) is 0 Å². The van der Waals surface area contributed by atoms with Crippen molar-refractivity contribution in [2.45, 2.75) is 50.4 Å². The minimum Gasteiger partial charge on any atom is -0.335 e. The van der Waals surface area contributed by atoms with Crippen molar-refractivity contribution in [2.75, 3.05) is 0 Å². The second kappa shape index (κ2) is 10.0. The fraction of sp³-hybridized carbons (Fsp3) is 0.348. The van der Waals surface area contributed by atoms with Gasteiger partial charge >= 0.3 is 12.2 Å². The number of hydrogen-bond acceptors (Lipinski definition) is 5. The molecule has 1 saturated heterocycles. The lowest BCUT2D eigenvalue weighted by molar-refractivity contribution is -0.142.